The number of aromatic hydroxyl groups is 1. The van der Waals surface area contributed by atoms with Gasteiger partial charge in [0.2, 0.25) is 5.91 Å². The fourth-order valence-electron chi connectivity index (χ4n) is 2.87. The highest BCUT2D eigenvalue weighted by atomic mass is 32.2. The lowest BCUT2D eigenvalue weighted by atomic mass is 10.2. The van der Waals surface area contributed by atoms with Crippen LogP contribution in [0.15, 0.2) is 71.6 Å². The van der Waals surface area contributed by atoms with Gasteiger partial charge in [-0.05, 0) is 48.5 Å². The third kappa shape index (κ3) is 4.17. The molecule has 2 N–H and O–H groups in total. The van der Waals surface area contributed by atoms with Crippen molar-refractivity contribution in [2.75, 3.05) is 11.1 Å². The number of nitrogens with one attached hydrogen (secondary N) is 1. The first-order valence-electron chi connectivity index (χ1n) is 8.79. The van der Waals surface area contributed by atoms with E-state index in [9.17, 15) is 22.7 Å². The minimum Gasteiger partial charge on any atom is -0.507 e. The monoisotopic (exact) mass is 442 g/mol. The number of para-hydroxylation sites is 1. The van der Waals surface area contributed by atoms with Crippen LogP contribution in [0.25, 0.3) is 20.8 Å². The quantitative estimate of drug-likeness (QED) is 0.451. The second kappa shape index (κ2) is 7.85. The van der Waals surface area contributed by atoms with Gasteiger partial charge in [-0.15, -0.1) is 11.3 Å². The highest BCUT2D eigenvalue weighted by molar-refractivity contribution is 7.92. The lowest BCUT2D eigenvalue weighted by Gasteiger charge is -2.08. The van der Waals surface area contributed by atoms with Gasteiger partial charge >= 0.3 is 0 Å². The van der Waals surface area contributed by atoms with E-state index in [0.29, 0.717) is 10.6 Å². The molecule has 0 saturated carbocycles. The predicted molar refractivity (Wildman–Crippen MR) is 114 cm³/mol. The summed E-state index contributed by atoms with van der Waals surface area (Å²) in [5.41, 5.74) is 1.57. The zero-order valence-corrected chi connectivity index (χ0v) is 17.0. The lowest BCUT2D eigenvalue weighted by Crippen LogP contribution is -2.23. The molecule has 9 heteroatoms. The molecular formula is C21H15FN2O4S2. The maximum absolute atomic E-state index is 13.0. The van der Waals surface area contributed by atoms with E-state index in [4.69, 9.17) is 0 Å². The molecule has 30 heavy (non-hydrogen) atoms. The van der Waals surface area contributed by atoms with Crippen molar-refractivity contribution < 1.29 is 22.7 Å². The van der Waals surface area contributed by atoms with Gasteiger partial charge in [-0.25, -0.2) is 17.8 Å². The molecule has 0 aliphatic rings. The molecule has 0 unspecified atom stereocenters. The summed E-state index contributed by atoms with van der Waals surface area (Å²) in [4.78, 5) is 16.5. The first kappa shape index (κ1) is 20.0. The van der Waals surface area contributed by atoms with Gasteiger partial charge in [-0.3, -0.25) is 4.79 Å². The first-order chi connectivity index (χ1) is 14.3. The van der Waals surface area contributed by atoms with Crippen LogP contribution in [-0.2, 0) is 14.6 Å². The number of phenols is 1. The van der Waals surface area contributed by atoms with Crippen molar-refractivity contribution in [3.8, 4) is 16.3 Å². The van der Waals surface area contributed by atoms with Crippen LogP contribution in [0, 0.1) is 5.82 Å². The summed E-state index contributed by atoms with van der Waals surface area (Å²) in [5.74, 6) is -2.24. The largest absolute Gasteiger partial charge is 0.507 e. The average Bonchev–Trinajstić information content (AvgIpc) is 3.11. The third-order valence-electron chi connectivity index (χ3n) is 4.30. The number of phenolic OH excluding ortho intramolecular Hbond substituents is 1. The Labute approximate surface area is 175 Å². The van der Waals surface area contributed by atoms with Crippen molar-refractivity contribution in [1.29, 1.82) is 0 Å². The molecule has 4 aromatic rings. The van der Waals surface area contributed by atoms with Gasteiger partial charge < -0.3 is 10.4 Å². The van der Waals surface area contributed by atoms with E-state index in [0.717, 1.165) is 34.5 Å². The second-order valence-corrected chi connectivity index (χ2v) is 9.50. The van der Waals surface area contributed by atoms with Crippen LogP contribution in [0.3, 0.4) is 0 Å². The molecule has 6 nitrogen and oxygen atoms in total. The predicted octanol–water partition coefficient (Wildman–Crippen LogP) is 4.22. The van der Waals surface area contributed by atoms with E-state index < -0.39 is 27.3 Å². The summed E-state index contributed by atoms with van der Waals surface area (Å²) in [6.07, 6.45) is 0. The SMILES string of the molecule is O=C(CS(=O)(=O)c1ccc(F)cc1)Nc1ccc(-c2nc3ccccc3s2)c(O)c1. The number of amides is 1. The van der Waals surface area contributed by atoms with E-state index in [-0.39, 0.29) is 16.3 Å². The Bertz CT molecular complexity index is 1320. The molecule has 0 aliphatic heterocycles. The van der Waals surface area contributed by atoms with Crippen molar-refractivity contribution in [1.82, 2.24) is 4.98 Å². The first-order valence-corrected chi connectivity index (χ1v) is 11.3. The summed E-state index contributed by atoms with van der Waals surface area (Å²) in [6.45, 7) is 0. The normalized spacial score (nSPS) is 11.5. The van der Waals surface area contributed by atoms with Crippen LogP contribution < -0.4 is 5.32 Å². The molecule has 0 bridgehead atoms. The number of hydrogen-bond acceptors (Lipinski definition) is 6. The molecule has 152 valence electrons. The molecule has 1 heterocycles. The Kier molecular flexibility index (Phi) is 5.23. The summed E-state index contributed by atoms with van der Waals surface area (Å²) in [5, 5.41) is 13.5. The number of sulfone groups is 1. The highest BCUT2D eigenvalue weighted by Crippen LogP contribution is 2.36. The molecule has 0 aliphatic carbocycles. The van der Waals surface area contributed by atoms with Crippen LogP contribution in [0.5, 0.6) is 5.75 Å². The molecule has 0 spiro atoms. The van der Waals surface area contributed by atoms with Gasteiger partial charge in [0.25, 0.3) is 0 Å². The van der Waals surface area contributed by atoms with Gasteiger partial charge in [0.15, 0.2) is 9.84 Å². The number of anilines is 1. The fourth-order valence-corrected chi connectivity index (χ4v) is 5.01. The Hall–Kier alpha value is -3.30. The second-order valence-electron chi connectivity index (χ2n) is 6.48. The Morgan fingerprint density at radius 2 is 1.80 bits per heavy atom. The standard InChI is InChI=1S/C21H15FN2O4S2/c22-13-5-8-15(9-6-13)30(27,28)12-20(26)23-14-7-10-16(18(25)11-14)21-24-17-3-1-2-4-19(17)29-21/h1-11,25H,12H2,(H,23,26). The van der Waals surface area contributed by atoms with E-state index in [2.05, 4.69) is 10.3 Å². The van der Waals surface area contributed by atoms with E-state index in [1.54, 1.807) is 12.1 Å². The van der Waals surface area contributed by atoms with Crippen LogP contribution in [0.4, 0.5) is 10.1 Å². The minimum atomic E-state index is -3.92. The highest BCUT2D eigenvalue weighted by Gasteiger charge is 2.20. The number of carbonyl (C=O) groups excluding carboxylic acids is 1. The van der Waals surface area contributed by atoms with E-state index in [1.807, 2.05) is 24.3 Å². The van der Waals surface area contributed by atoms with Crippen molar-refractivity contribution in [3.05, 3.63) is 72.5 Å². The summed E-state index contributed by atoms with van der Waals surface area (Å²) in [6, 6.07) is 16.4. The van der Waals surface area contributed by atoms with E-state index >= 15 is 0 Å². The van der Waals surface area contributed by atoms with Crippen molar-refractivity contribution in [3.63, 3.8) is 0 Å². The topological polar surface area (TPSA) is 96.4 Å². The molecule has 1 aromatic heterocycles. The minimum absolute atomic E-state index is 0.0896. The van der Waals surface area contributed by atoms with Crippen molar-refractivity contribution in [2.45, 2.75) is 4.90 Å². The van der Waals surface area contributed by atoms with E-state index in [1.165, 1.54) is 17.4 Å². The number of carbonyl (C=O) groups is 1. The summed E-state index contributed by atoms with van der Waals surface area (Å²) < 4.78 is 38.6. The number of aromatic nitrogens is 1. The number of hydrogen-bond donors (Lipinski definition) is 2. The average molecular weight is 442 g/mol. The maximum Gasteiger partial charge on any atom is 0.239 e. The zero-order chi connectivity index (χ0) is 21.3. The molecule has 1 amide bonds. The molecule has 0 saturated heterocycles. The third-order valence-corrected chi connectivity index (χ3v) is 7.00. The number of fused-ring (bicyclic) bond motifs is 1. The molecule has 0 radical (unpaired) electrons. The molecule has 0 fully saturated rings. The van der Waals surface area contributed by atoms with Crippen molar-refractivity contribution >= 4 is 43.0 Å². The van der Waals surface area contributed by atoms with Gasteiger partial charge in [0.05, 0.1) is 20.7 Å². The van der Waals surface area contributed by atoms with Gasteiger partial charge in [-0.1, -0.05) is 12.1 Å². The Morgan fingerprint density at radius 3 is 2.50 bits per heavy atom. The van der Waals surface area contributed by atoms with Gasteiger partial charge in [0.1, 0.15) is 22.3 Å². The maximum atomic E-state index is 13.0. The zero-order valence-electron chi connectivity index (χ0n) is 15.4. The van der Waals surface area contributed by atoms with Crippen LogP contribution in [0.2, 0.25) is 0 Å². The number of nitrogens with zero attached hydrogens (tertiary/aromatic N) is 1. The van der Waals surface area contributed by atoms with Crippen LogP contribution in [-0.4, -0.2) is 30.2 Å². The number of benzene rings is 3. The molecule has 4 rings (SSSR count). The smallest absolute Gasteiger partial charge is 0.239 e. The Morgan fingerprint density at radius 1 is 1.07 bits per heavy atom. The summed E-state index contributed by atoms with van der Waals surface area (Å²) in [7, 11) is -3.92. The van der Waals surface area contributed by atoms with Gasteiger partial charge in [0, 0.05) is 11.8 Å². The van der Waals surface area contributed by atoms with Crippen LogP contribution >= 0.6 is 11.3 Å². The summed E-state index contributed by atoms with van der Waals surface area (Å²) >= 11 is 1.43. The number of thiazole rings is 1. The fraction of sp³-hybridized carbons (Fsp3) is 0.0476. The Balaban J connectivity index is 1.50. The van der Waals surface area contributed by atoms with Crippen LogP contribution in [0.1, 0.15) is 0 Å². The molecule has 3 aromatic carbocycles. The lowest BCUT2D eigenvalue weighted by molar-refractivity contribution is -0.113. The van der Waals surface area contributed by atoms with Crippen molar-refractivity contribution in [2.24, 2.45) is 0 Å². The number of rotatable bonds is 5. The number of halogens is 1. The molecule has 0 atom stereocenters. The molecular weight excluding hydrogens is 427 g/mol. The van der Waals surface area contributed by atoms with Gasteiger partial charge in [-0.2, -0.15) is 0 Å².